The number of hydrogen-bond donors (Lipinski definition) is 2. The van der Waals surface area contributed by atoms with Crippen LogP contribution in [0.1, 0.15) is 10.4 Å². The van der Waals surface area contributed by atoms with Gasteiger partial charge in [0, 0.05) is 17.3 Å². The van der Waals surface area contributed by atoms with Crippen molar-refractivity contribution >= 4 is 17.5 Å². The van der Waals surface area contributed by atoms with E-state index in [4.69, 9.17) is 14.2 Å². The molecular weight excluding hydrogens is 362 g/mol. The summed E-state index contributed by atoms with van der Waals surface area (Å²) in [4.78, 5) is 24.2. The normalized spacial score (nSPS) is 10.1. The molecule has 2 N–H and O–H groups in total. The third-order valence-corrected chi connectivity index (χ3v) is 3.54. The number of amides is 2. The highest BCUT2D eigenvalue weighted by Gasteiger charge is 2.17. The second kappa shape index (κ2) is 8.84. The molecule has 0 unspecified atom stereocenters. The fraction of sp³-hybridized carbons (Fsp3) is 0.222. The molecule has 0 aliphatic carbocycles. The van der Waals surface area contributed by atoms with Gasteiger partial charge >= 0.3 is 0 Å². The molecule has 0 bridgehead atoms. The first-order valence-electron chi connectivity index (χ1n) is 7.72. The molecule has 0 aromatic heterocycles. The van der Waals surface area contributed by atoms with Crippen LogP contribution in [0, 0.1) is 11.6 Å². The van der Waals surface area contributed by atoms with Crippen LogP contribution in [0.3, 0.4) is 0 Å². The van der Waals surface area contributed by atoms with E-state index in [0.717, 1.165) is 12.1 Å². The summed E-state index contributed by atoms with van der Waals surface area (Å²) in [6, 6.07) is 5.80. The SMILES string of the molecule is COc1cc(C(=O)NCC(=O)Nc2ccc(F)c(F)c2)cc(OC)c1OC. The Balaban J connectivity index is 2.04. The molecule has 0 spiro atoms. The Hall–Kier alpha value is -3.36. The van der Waals surface area contributed by atoms with E-state index in [-0.39, 0.29) is 29.3 Å². The average Bonchev–Trinajstić information content (AvgIpc) is 2.67. The first kappa shape index (κ1) is 20.0. The average molecular weight is 380 g/mol. The maximum atomic E-state index is 13.1. The van der Waals surface area contributed by atoms with Gasteiger partial charge < -0.3 is 24.8 Å². The Bertz CT molecular complexity index is 833. The molecule has 0 aliphatic rings. The van der Waals surface area contributed by atoms with E-state index >= 15 is 0 Å². The van der Waals surface area contributed by atoms with E-state index in [1.54, 1.807) is 0 Å². The van der Waals surface area contributed by atoms with Gasteiger partial charge in [0.05, 0.1) is 27.9 Å². The minimum atomic E-state index is -1.09. The number of hydrogen-bond acceptors (Lipinski definition) is 5. The molecule has 9 heteroatoms. The summed E-state index contributed by atoms with van der Waals surface area (Å²) < 4.78 is 41.5. The number of benzene rings is 2. The van der Waals surface area contributed by atoms with E-state index in [1.807, 2.05) is 0 Å². The summed E-state index contributed by atoms with van der Waals surface area (Å²) in [5, 5.41) is 4.76. The number of carbonyl (C=O) groups is 2. The maximum absolute atomic E-state index is 13.1. The van der Waals surface area contributed by atoms with E-state index in [1.165, 1.54) is 39.5 Å². The third kappa shape index (κ3) is 4.84. The lowest BCUT2D eigenvalue weighted by molar-refractivity contribution is -0.115. The Kier molecular flexibility index (Phi) is 6.53. The molecule has 0 fully saturated rings. The van der Waals surface area contributed by atoms with Crippen molar-refractivity contribution in [3.8, 4) is 17.2 Å². The molecule has 0 saturated heterocycles. The highest BCUT2D eigenvalue weighted by Crippen LogP contribution is 2.38. The van der Waals surface area contributed by atoms with Gasteiger partial charge in [-0.25, -0.2) is 8.78 Å². The van der Waals surface area contributed by atoms with Crippen LogP contribution in [0.2, 0.25) is 0 Å². The predicted molar refractivity (Wildman–Crippen MR) is 93.4 cm³/mol. The van der Waals surface area contributed by atoms with Gasteiger partial charge in [-0.05, 0) is 24.3 Å². The van der Waals surface area contributed by atoms with Gasteiger partial charge in [0.15, 0.2) is 23.1 Å². The number of methoxy groups -OCH3 is 3. The van der Waals surface area contributed by atoms with Gasteiger partial charge in [0.1, 0.15) is 0 Å². The Morgan fingerprint density at radius 3 is 2.07 bits per heavy atom. The van der Waals surface area contributed by atoms with Crippen molar-refractivity contribution in [3.05, 3.63) is 47.5 Å². The Morgan fingerprint density at radius 1 is 0.926 bits per heavy atom. The molecule has 0 heterocycles. The van der Waals surface area contributed by atoms with E-state index in [2.05, 4.69) is 10.6 Å². The van der Waals surface area contributed by atoms with Gasteiger partial charge in [-0.3, -0.25) is 9.59 Å². The predicted octanol–water partition coefficient (Wildman–Crippen LogP) is 2.36. The minimum Gasteiger partial charge on any atom is -0.493 e. The highest BCUT2D eigenvalue weighted by molar-refractivity contribution is 6.00. The molecule has 0 saturated carbocycles. The Morgan fingerprint density at radius 2 is 1.56 bits per heavy atom. The molecule has 0 atom stereocenters. The number of halogens is 2. The van der Waals surface area contributed by atoms with Crippen molar-refractivity contribution in [3.63, 3.8) is 0 Å². The lowest BCUT2D eigenvalue weighted by Crippen LogP contribution is -2.32. The molecule has 2 rings (SSSR count). The quantitative estimate of drug-likeness (QED) is 0.770. The van der Waals surface area contributed by atoms with E-state index in [0.29, 0.717) is 5.75 Å². The zero-order valence-corrected chi connectivity index (χ0v) is 14.9. The van der Waals surface area contributed by atoms with Gasteiger partial charge in [-0.2, -0.15) is 0 Å². The topological polar surface area (TPSA) is 85.9 Å². The standard InChI is InChI=1S/C18H18F2N2O5/c1-25-14-6-10(7-15(26-2)17(14)27-3)18(24)21-9-16(23)22-11-4-5-12(19)13(20)8-11/h4-8H,9H2,1-3H3,(H,21,24)(H,22,23). The number of ether oxygens (including phenoxy) is 3. The monoisotopic (exact) mass is 380 g/mol. The molecule has 0 aliphatic heterocycles. The molecule has 2 aromatic carbocycles. The van der Waals surface area contributed by atoms with Gasteiger partial charge in [-0.1, -0.05) is 0 Å². The van der Waals surface area contributed by atoms with Crippen molar-refractivity contribution in [1.29, 1.82) is 0 Å². The van der Waals surface area contributed by atoms with Crippen LogP contribution in [-0.4, -0.2) is 39.7 Å². The van der Waals surface area contributed by atoms with Crippen LogP contribution in [-0.2, 0) is 4.79 Å². The Labute approximate surface area is 154 Å². The lowest BCUT2D eigenvalue weighted by Gasteiger charge is -2.14. The zero-order chi connectivity index (χ0) is 20.0. The smallest absolute Gasteiger partial charge is 0.251 e. The first-order chi connectivity index (χ1) is 12.9. The summed E-state index contributed by atoms with van der Waals surface area (Å²) in [6.07, 6.45) is 0. The number of anilines is 1. The zero-order valence-electron chi connectivity index (χ0n) is 14.9. The summed E-state index contributed by atoms with van der Waals surface area (Å²) in [5.74, 6) is -2.39. The first-order valence-corrected chi connectivity index (χ1v) is 7.72. The number of nitrogens with one attached hydrogen (secondary N) is 2. The number of carbonyl (C=O) groups excluding carboxylic acids is 2. The van der Waals surface area contributed by atoms with Crippen LogP contribution in [0.4, 0.5) is 14.5 Å². The fourth-order valence-electron chi connectivity index (χ4n) is 2.25. The second-order valence-electron chi connectivity index (χ2n) is 5.27. The van der Waals surface area contributed by atoms with Crippen molar-refractivity contribution < 1.29 is 32.6 Å². The molecule has 7 nitrogen and oxygen atoms in total. The summed E-state index contributed by atoms with van der Waals surface area (Å²) in [7, 11) is 4.26. The van der Waals surface area contributed by atoms with Crippen LogP contribution in [0.15, 0.2) is 30.3 Å². The molecule has 2 amide bonds. The molecule has 27 heavy (non-hydrogen) atoms. The highest BCUT2D eigenvalue weighted by atomic mass is 19.2. The van der Waals surface area contributed by atoms with Gasteiger partial charge in [0.2, 0.25) is 11.7 Å². The minimum absolute atomic E-state index is 0.0703. The molecule has 144 valence electrons. The lowest BCUT2D eigenvalue weighted by atomic mass is 10.1. The fourth-order valence-corrected chi connectivity index (χ4v) is 2.25. The second-order valence-corrected chi connectivity index (χ2v) is 5.27. The van der Waals surface area contributed by atoms with Gasteiger partial charge in [0.25, 0.3) is 5.91 Å². The van der Waals surface area contributed by atoms with Gasteiger partial charge in [-0.15, -0.1) is 0 Å². The van der Waals surface area contributed by atoms with Crippen LogP contribution in [0.25, 0.3) is 0 Å². The van der Waals surface area contributed by atoms with Crippen LogP contribution in [0.5, 0.6) is 17.2 Å². The maximum Gasteiger partial charge on any atom is 0.251 e. The molecule has 2 aromatic rings. The largest absolute Gasteiger partial charge is 0.493 e. The van der Waals surface area contributed by atoms with Crippen molar-refractivity contribution in [2.45, 2.75) is 0 Å². The summed E-state index contributed by atoms with van der Waals surface area (Å²) in [5.41, 5.74) is 0.256. The molecule has 0 radical (unpaired) electrons. The van der Waals surface area contributed by atoms with Crippen molar-refractivity contribution in [2.75, 3.05) is 33.2 Å². The van der Waals surface area contributed by atoms with Crippen LogP contribution >= 0.6 is 0 Å². The summed E-state index contributed by atoms with van der Waals surface area (Å²) in [6.45, 7) is -0.380. The van der Waals surface area contributed by atoms with E-state index < -0.39 is 23.4 Å². The summed E-state index contributed by atoms with van der Waals surface area (Å²) >= 11 is 0. The number of rotatable bonds is 7. The van der Waals surface area contributed by atoms with Crippen molar-refractivity contribution in [2.24, 2.45) is 0 Å². The molecular formula is C18H18F2N2O5. The van der Waals surface area contributed by atoms with E-state index in [9.17, 15) is 18.4 Å². The third-order valence-electron chi connectivity index (χ3n) is 3.54. The van der Waals surface area contributed by atoms with Crippen LogP contribution < -0.4 is 24.8 Å². The van der Waals surface area contributed by atoms with Crippen molar-refractivity contribution in [1.82, 2.24) is 5.32 Å².